The minimum absolute atomic E-state index is 0.343. The molecule has 5 heteroatoms. The van der Waals surface area contributed by atoms with Crippen molar-refractivity contribution < 1.29 is 14.7 Å². The predicted octanol–water partition coefficient (Wildman–Crippen LogP) is 2.01. The van der Waals surface area contributed by atoms with E-state index in [-0.39, 0.29) is 6.03 Å². The third-order valence-electron chi connectivity index (χ3n) is 3.32. The normalized spacial score (nSPS) is 16.2. The van der Waals surface area contributed by atoms with Crippen molar-refractivity contribution in [3.05, 3.63) is 29.8 Å². The molecule has 5 nitrogen and oxygen atoms in total. The van der Waals surface area contributed by atoms with Crippen molar-refractivity contribution in [3.8, 4) is 0 Å². The monoisotopic (exact) mass is 262 g/mol. The maximum Gasteiger partial charge on any atom is 0.325 e. The van der Waals surface area contributed by atoms with Gasteiger partial charge in [-0.1, -0.05) is 18.2 Å². The topological polar surface area (TPSA) is 69.6 Å². The average molecular weight is 262 g/mol. The first-order chi connectivity index (χ1) is 9.09. The van der Waals surface area contributed by atoms with E-state index in [0.717, 1.165) is 30.5 Å². The standard InChI is InChI=1S/C14H18N2O3/c1-10(13(17)18)15-14(19)16-9-5-4-7-11-6-2-3-8-12(11)16/h2-3,6,8,10H,4-5,7,9H2,1H3,(H,15,19)(H,17,18)/t10-/m0/s1. The van der Waals surface area contributed by atoms with Gasteiger partial charge in [0.2, 0.25) is 0 Å². The summed E-state index contributed by atoms with van der Waals surface area (Å²) in [7, 11) is 0. The van der Waals surface area contributed by atoms with E-state index in [0.29, 0.717) is 6.54 Å². The summed E-state index contributed by atoms with van der Waals surface area (Å²) < 4.78 is 0. The Hall–Kier alpha value is -2.04. The molecule has 0 saturated carbocycles. The fourth-order valence-corrected chi connectivity index (χ4v) is 2.23. The lowest BCUT2D eigenvalue weighted by Crippen LogP contribution is -2.47. The van der Waals surface area contributed by atoms with Gasteiger partial charge < -0.3 is 10.4 Å². The summed E-state index contributed by atoms with van der Waals surface area (Å²) in [6.07, 6.45) is 2.91. The van der Waals surface area contributed by atoms with E-state index in [1.807, 2.05) is 24.3 Å². The van der Waals surface area contributed by atoms with E-state index < -0.39 is 12.0 Å². The van der Waals surface area contributed by atoms with Crippen LogP contribution in [-0.4, -0.2) is 29.7 Å². The van der Waals surface area contributed by atoms with Gasteiger partial charge >= 0.3 is 12.0 Å². The van der Waals surface area contributed by atoms with Gasteiger partial charge in [0, 0.05) is 12.2 Å². The molecule has 2 N–H and O–H groups in total. The summed E-state index contributed by atoms with van der Waals surface area (Å²) in [6, 6.07) is 6.55. The van der Waals surface area contributed by atoms with Crippen molar-refractivity contribution >= 4 is 17.7 Å². The minimum atomic E-state index is -1.03. The zero-order valence-corrected chi connectivity index (χ0v) is 10.9. The SMILES string of the molecule is C[C@H](NC(=O)N1CCCCc2ccccc21)C(=O)O. The minimum Gasteiger partial charge on any atom is -0.480 e. The molecule has 0 aromatic heterocycles. The number of carboxylic acids is 1. The Bertz CT molecular complexity index is 487. The number of benzene rings is 1. The van der Waals surface area contributed by atoms with E-state index >= 15 is 0 Å². The highest BCUT2D eigenvalue weighted by molar-refractivity contribution is 5.95. The molecular weight excluding hydrogens is 244 g/mol. The van der Waals surface area contributed by atoms with Crippen molar-refractivity contribution in [3.63, 3.8) is 0 Å². The molecule has 1 atom stereocenters. The highest BCUT2D eigenvalue weighted by atomic mass is 16.4. The largest absolute Gasteiger partial charge is 0.480 e. The number of carbonyl (C=O) groups is 2. The van der Waals surface area contributed by atoms with Crippen LogP contribution in [0, 0.1) is 0 Å². The number of rotatable bonds is 2. The number of aliphatic carboxylic acids is 1. The van der Waals surface area contributed by atoms with Gasteiger partial charge in [-0.3, -0.25) is 9.69 Å². The molecule has 2 amide bonds. The number of carboxylic acid groups (broad SMARTS) is 1. The van der Waals surface area contributed by atoms with Crippen LogP contribution in [0.1, 0.15) is 25.3 Å². The van der Waals surface area contributed by atoms with Crippen molar-refractivity contribution in [2.24, 2.45) is 0 Å². The van der Waals surface area contributed by atoms with E-state index in [9.17, 15) is 9.59 Å². The summed E-state index contributed by atoms with van der Waals surface area (Å²) in [6.45, 7) is 2.08. The van der Waals surface area contributed by atoms with Gasteiger partial charge in [0.1, 0.15) is 6.04 Å². The van der Waals surface area contributed by atoms with Crippen molar-refractivity contribution in [1.82, 2.24) is 5.32 Å². The van der Waals surface area contributed by atoms with Gasteiger partial charge in [-0.15, -0.1) is 0 Å². The number of para-hydroxylation sites is 1. The molecule has 1 heterocycles. The highest BCUT2D eigenvalue weighted by Gasteiger charge is 2.23. The molecule has 19 heavy (non-hydrogen) atoms. The van der Waals surface area contributed by atoms with Crippen LogP contribution in [0.4, 0.5) is 10.5 Å². The molecule has 1 aliphatic heterocycles. The third kappa shape index (κ3) is 3.05. The Balaban J connectivity index is 2.19. The fourth-order valence-electron chi connectivity index (χ4n) is 2.23. The molecule has 0 aliphatic carbocycles. The van der Waals surface area contributed by atoms with E-state index in [2.05, 4.69) is 5.32 Å². The number of nitrogens with zero attached hydrogens (tertiary/aromatic N) is 1. The van der Waals surface area contributed by atoms with Crippen molar-refractivity contribution in [1.29, 1.82) is 0 Å². The summed E-state index contributed by atoms with van der Waals surface area (Å²) in [5.74, 6) is -1.03. The van der Waals surface area contributed by atoms with Crippen LogP contribution in [0.3, 0.4) is 0 Å². The van der Waals surface area contributed by atoms with E-state index in [4.69, 9.17) is 5.11 Å². The molecule has 0 radical (unpaired) electrons. The number of anilines is 1. The van der Waals surface area contributed by atoms with Gasteiger partial charge in [-0.2, -0.15) is 0 Å². The second-order valence-electron chi connectivity index (χ2n) is 4.75. The highest BCUT2D eigenvalue weighted by Crippen LogP contribution is 2.25. The van der Waals surface area contributed by atoms with Crippen LogP contribution in [0.2, 0.25) is 0 Å². The Morgan fingerprint density at radius 1 is 1.32 bits per heavy atom. The molecular formula is C14H18N2O3. The maximum absolute atomic E-state index is 12.2. The lowest BCUT2D eigenvalue weighted by Gasteiger charge is -2.24. The van der Waals surface area contributed by atoms with Gasteiger partial charge in [-0.05, 0) is 37.8 Å². The quantitative estimate of drug-likeness (QED) is 0.856. The Morgan fingerprint density at radius 2 is 2.05 bits per heavy atom. The number of fused-ring (bicyclic) bond motifs is 1. The number of amides is 2. The number of hydrogen-bond donors (Lipinski definition) is 2. The van der Waals surface area contributed by atoms with E-state index in [1.54, 1.807) is 4.90 Å². The first kappa shape index (κ1) is 13.4. The predicted molar refractivity (Wildman–Crippen MR) is 72.4 cm³/mol. The average Bonchev–Trinajstić information content (AvgIpc) is 2.60. The Kier molecular flexibility index (Phi) is 4.04. The first-order valence-electron chi connectivity index (χ1n) is 6.48. The maximum atomic E-state index is 12.2. The number of urea groups is 1. The van der Waals surface area contributed by atoms with Crippen molar-refractivity contribution in [2.75, 3.05) is 11.4 Å². The molecule has 0 unspecified atom stereocenters. The molecule has 1 aromatic rings. The molecule has 0 bridgehead atoms. The number of carbonyl (C=O) groups excluding carboxylic acids is 1. The molecule has 2 rings (SSSR count). The lowest BCUT2D eigenvalue weighted by molar-refractivity contribution is -0.138. The van der Waals surface area contributed by atoms with Crippen LogP contribution in [-0.2, 0) is 11.2 Å². The molecule has 1 aliphatic rings. The summed E-state index contributed by atoms with van der Waals surface area (Å²) >= 11 is 0. The van der Waals surface area contributed by atoms with Gasteiger partial charge in [0.25, 0.3) is 0 Å². The lowest BCUT2D eigenvalue weighted by atomic mass is 10.1. The fraction of sp³-hybridized carbons (Fsp3) is 0.429. The summed E-state index contributed by atoms with van der Waals surface area (Å²) in [5, 5.41) is 11.4. The number of aryl methyl sites for hydroxylation is 1. The smallest absolute Gasteiger partial charge is 0.325 e. The van der Waals surface area contributed by atoms with Crippen LogP contribution in [0.15, 0.2) is 24.3 Å². The number of nitrogens with one attached hydrogen (secondary N) is 1. The molecule has 0 spiro atoms. The zero-order chi connectivity index (χ0) is 13.8. The zero-order valence-electron chi connectivity index (χ0n) is 10.9. The second kappa shape index (κ2) is 5.73. The summed E-state index contributed by atoms with van der Waals surface area (Å²) in [4.78, 5) is 24.6. The second-order valence-corrected chi connectivity index (χ2v) is 4.75. The van der Waals surface area contributed by atoms with Gasteiger partial charge in [0.05, 0.1) is 0 Å². The third-order valence-corrected chi connectivity index (χ3v) is 3.32. The van der Waals surface area contributed by atoms with Gasteiger partial charge in [-0.25, -0.2) is 4.79 Å². The van der Waals surface area contributed by atoms with Crippen molar-refractivity contribution in [2.45, 2.75) is 32.2 Å². The summed E-state index contributed by atoms with van der Waals surface area (Å²) in [5.41, 5.74) is 2.02. The molecule has 0 saturated heterocycles. The van der Waals surface area contributed by atoms with Gasteiger partial charge in [0.15, 0.2) is 0 Å². The molecule has 0 fully saturated rings. The molecule has 102 valence electrons. The Morgan fingerprint density at radius 3 is 2.79 bits per heavy atom. The molecule has 1 aromatic carbocycles. The Labute approximate surface area is 112 Å². The number of hydrogen-bond acceptors (Lipinski definition) is 2. The van der Waals surface area contributed by atoms with Crippen LogP contribution in [0.5, 0.6) is 0 Å². The van der Waals surface area contributed by atoms with Crippen LogP contribution < -0.4 is 10.2 Å². The van der Waals surface area contributed by atoms with Crippen LogP contribution >= 0.6 is 0 Å². The van der Waals surface area contributed by atoms with Crippen LogP contribution in [0.25, 0.3) is 0 Å². The van der Waals surface area contributed by atoms with E-state index in [1.165, 1.54) is 6.92 Å². The first-order valence-corrected chi connectivity index (χ1v) is 6.48.